The van der Waals surface area contributed by atoms with Gasteiger partial charge in [-0.2, -0.15) is 8.42 Å². The van der Waals surface area contributed by atoms with Crippen LogP contribution in [0.3, 0.4) is 0 Å². The van der Waals surface area contributed by atoms with Gasteiger partial charge in [0.05, 0.1) is 5.56 Å². The molecule has 1 atom stereocenters. The van der Waals surface area contributed by atoms with E-state index in [1.807, 2.05) is 4.90 Å². The lowest BCUT2D eigenvalue weighted by Gasteiger charge is -2.36. The van der Waals surface area contributed by atoms with Crippen molar-refractivity contribution in [1.82, 2.24) is 14.7 Å². The Bertz CT molecular complexity index is 1440. The van der Waals surface area contributed by atoms with Crippen molar-refractivity contribution in [2.45, 2.75) is 50.8 Å². The maximum atomic E-state index is 13.6. The highest BCUT2D eigenvalue weighted by atomic mass is 32.2. The number of carbonyl (C=O) groups is 1. The van der Waals surface area contributed by atoms with Crippen LogP contribution in [0.25, 0.3) is 0 Å². The van der Waals surface area contributed by atoms with E-state index in [-0.39, 0.29) is 21.9 Å². The highest BCUT2D eigenvalue weighted by molar-refractivity contribution is 7.90. The van der Waals surface area contributed by atoms with Gasteiger partial charge in [-0.15, -0.1) is 0 Å². The van der Waals surface area contributed by atoms with Gasteiger partial charge < -0.3 is 9.80 Å². The Morgan fingerprint density at radius 2 is 1.89 bits per heavy atom. The third-order valence-corrected chi connectivity index (χ3v) is 8.63. The average Bonchev–Trinajstić information content (AvgIpc) is 3.38. The van der Waals surface area contributed by atoms with Crippen molar-refractivity contribution in [3.63, 3.8) is 0 Å². The minimum atomic E-state index is -4.26. The highest BCUT2D eigenvalue weighted by Gasteiger charge is 2.40. The van der Waals surface area contributed by atoms with Crippen LogP contribution in [0, 0.1) is 11.7 Å². The Morgan fingerprint density at radius 3 is 2.64 bits per heavy atom. The fourth-order valence-corrected chi connectivity index (χ4v) is 5.81. The number of pyridine rings is 2. The van der Waals surface area contributed by atoms with Crippen LogP contribution in [0.5, 0.6) is 0 Å². The zero-order chi connectivity index (χ0) is 25.7. The number of carbonyl (C=O) groups excluding carboxylic acids is 1. The third-order valence-electron chi connectivity index (χ3n) is 7.40. The molecule has 0 saturated carbocycles. The lowest BCUT2D eigenvalue weighted by molar-refractivity contribution is 0.0981. The van der Waals surface area contributed by atoms with E-state index in [0.29, 0.717) is 30.6 Å². The topological polar surface area (TPSA) is 95.5 Å². The van der Waals surface area contributed by atoms with Gasteiger partial charge in [-0.05, 0) is 73.7 Å². The Morgan fingerprint density at radius 1 is 1.11 bits per heavy atom. The van der Waals surface area contributed by atoms with E-state index >= 15 is 0 Å². The van der Waals surface area contributed by atoms with E-state index < -0.39 is 15.9 Å². The SMILES string of the molecule is CC1CCN(c2ncccc2C(=O)NS(=O)(=O)c2cccc(N3Cc4ccc(F)cc4C3)n2)C1(C)C. The Kier molecular flexibility index (Phi) is 5.94. The van der Waals surface area contributed by atoms with Gasteiger partial charge in [0.15, 0.2) is 5.03 Å². The van der Waals surface area contributed by atoms with Gasteiger partial charge in [-0.25, -0.2) is 19.1 Å². The lowest BCUT2D eigenvalue weighted by atomic mass is 9.90. The second kappa shape index (κ2) is 8.85. The van der Waals surface area contributed by atoms with Crippen molar-refractivity contribution in [2.24, 2.45) is 5.92 Å². The normalized spacial score (nSPS) is 18.8. The van der Waals surface area contributed by atoms with E-state index in [1.165, 1.54) is 18.2 Å². The molecule has 0 spiro atoms. The molecule has 8 nitrogen and oxygen atoms in total. The zero-order valence-electron chi connectivity index (χ0n) is 20.4. The van der Waals surface area contributed by atoms with Crippen molar-refractivity contribution in [3.05, 3.63) is 77.2 Å². The molecule has 4 heterocycles. The number of hydrogen-bond acceptors (Lipinski definition) is 7. The maximum Gasteiger partial charge on any atom is 0.281 e. The van der Waals surface area contributed by atoms with Crippen molar-refractivity contribution in [3.8, 4) is 0 Å². The van der Waals surface area contributed by atoms with E-state index in [2.05, 4.69) is 40.4 Å². The Hall–Kier alpha value is -3.53. The van der Waals surface area contributed by atoms with Gasteiger partial charge in [0.1, 0.15) is 17.5 Å². The molecule has 1 N–H and O–H groups in total. The molecule has 10 heteroatoms. The number of benzene rings is 1. The molecule has 0 aliphatic carbocycles. The lowest BCUT2D eigenvalue weighted by Crippen LogP contribution is -2.43. The first-order valence-electron chi connectivity index (χ1n) is 11.9. The molecule has 0 bridgehead atoms. The smallest absolute Gasteiger partial charge is 0.281 e. The van der Waals surface area contributed by atoms with Gasteiger partial charge in [-0.1, -0.05) is 19.1 Å². The summed E-state index contributed by atoms with van der Waals surface area (Å²) in [5.74, 6) is 0.202. The number of halogens is 1. The maximum absolute atomic E-state index is 13.6. The number of aromatic nitrogens is 2. The van der Waals surface area contributed by atoms with Gasteiger partial charge in [-0.3, -0.25) is 4.79 Å². The predicted octanol–water partition coefficient (Wildman–Crippen LogP) is 3.88. The fourth-order valence-electron chi connectivity index (χ4n) is 4.88. The van der Waals surface area contributed by atoms with Crippen LogP contribution in [0.15, 0.2) is 59.8 Å². The molecule has 2 aliphatic heterocycles. The first-order chi connectivity index (χ1) is 17.1. The van der Waals surface area contributed by atoms with Gasteiger partial charge in [0, 0.05) is 31.4 Å². The summed E-state index contributed by atoms with van der Waals surface area (Å²) in [6, 6.07) is 12.4. The van der Waals surface area contributed by atoms with Crippen molar-refractivity contribution < 1.29 is 17.6 Å². The molecule has 3 aromatic rings. The number of nitrogens with zero attached hydrogens (tertiary/aromatic N) is 4. The standard InChI is InChI=1S/C26H28FN5O3S/c1-17-11-13-32(26(17,2)3)24-21(6-5-12-28-24)25(33)30-36(34,35)23-8-4-7-22(29-23)31-15-18-9-10-20(27)14-19(18)16-31/h4-10,12,14,17H,11,13,15-16H2,1-3H3,(H,30,33). The molecule has 2 aliphatic rings. The summed E-state index contributed by atoms with van der Waals surface area (Å²) in [7, 11) is -4.26. The van der Waals surface area contributed by atoms with Crippen LogP contribution in [0.1, 0.15) is 48.7 Å². The molecular formula is C26H28FN5O3S. The number of fused-ring (bicyclic) bond motifs is 1. The van der Waals surface area contributed by atoms with Crippen LogP contribution < -0.4 is 14.5 Å². The summed E-state index contributed by atoms with van der Waals surface area (Å²) in [4.78, 5) is 25.9. The van der Waals surface area contributed by atoms with Gasteiger partial charge >= 0.3 is 0 Å². The molecule has 1 aromatic carbocycles. The zero-order valence-corrected chi connectivity index (χ0v) is 21.2. The molecular weight excluding hydrogens is 481 g/mol. The molecule has 0 radical (unpaired) electrons. The fraction of sp³-hybridized carbons (Fsp3) is 0.346. The quantitative estimate of drug-likeness (QED) is 0.558. The van der Waals surface area contributed by atoms with Crippen LogP contribution in [-0.4, -0.2) is 36.4 Å². The third kappa shape index (κ3) is 4.30. The minimum Gasteiger partial charge on any atom is -0.351 e. The van der Waals surface area contributed by atoms with Crippen LogP contribution >= 0.6 is 0 Å². The van der Waals surface area contributed by atoms with Crippen LogP contribution in [0.2, 0.25) is 0 Å². The first kappa shape index (κ1) is 24.2. The summed E-state index contributed by atoms with van der Waals surface area (Å²) < 4.78 is 42.1. The second-order valence-corrected chi connectivity index (χ2v) is 11.5. The summed E-state index contributed by atoms with van der Waals surface area (Å²) in [6.07, 6.45) is 2.55. The first-order valence-corrected chi connectivity index (χ1v) is 13.3. The monoisotopic (exact) mass is 509 g/mol. The number of anilines is 2. The molecule has 36 heavy (non-hydrogen) atoms. The number of sulfonamides is 1. The van der Waals surface area contributed by atoms with Crippen LogP contribution in [0.4, 0.5) is 16.0 Å². The molecule has 188 valence electrons. The number of hydrogen-bond donors (Lipinski definition) is 1. The van der Waals surface area contributed by atoms with E-state index in [1.54, 1.807) is 36.5 Å². The van der Waals surface area contributed by atoms with Crippen molar-refractivity contribution in [1.29, 1.82) is 0 Å². The van der Waals surface area contributed by atoms with Crippen molar-refractivity contribution in [2.75, 3.05) is 16.3 Å². The molecule has 1 fully saturated rings. The summed E-state index contributed by atoms with van der Waals surface area (Å²) in [5.41, 5.74) is 1.76. The summed E-state index contributed by atoms with van der Waals surface area (Å²) in [6.45, 7) is 7.97. The van der Waals surface area contributed by atoms with Crippen LogP contribution in [-0.2, 0) is 23.1 Å². The average molecular weight is 510 g/mol. The van der Waals surface area contributed by atoms with E-state index in [9.17, 15) is 17.6 Å². The number of amides is 1. The van der Waals surface area contributed by atoms with Gasteiger partial charge in [0.25, 0.3) is 15.9 Å². The minimum absolute atomic E-state index is 0.191. The number of rotatable bonds is 5. The Balaban J connectivity index is 1.38. The molecule has 1 unspecified atom stereocenters. The predicted molar refractivity (Wildman–Crippen MR) is 135 cm³/mol. The van der Waals surface area contributed by atoms with Gasteiger partial charge in [0.2, 0.25) is 0 Å². The Labute approximate surface area is 210 Å². The van der Waals surface area contributed by atoms with Crippen molar-refractivity contribution >= 4 is 27.6 Å². The highest BCUT2D eigenvalue weighted by Crippen LogP contribution is 2.38. The molecule has 1 amide bonds. The summed E-state index contributed by atoms with van der Waals surface area (Å²) in [5, 5.41) is -0.268. The van der Waals surface area contributed by atoms with E-state index in [0.717, 1.165) is 24.1 Å². The largest absolute Gasteiger partial charge is 0.351 e. The molecule has 1 saturated heterocycles. The van der Waals surface area contributed by atoms with E-state index in [4.69, 9.17) is 0 Å². The summed E-state index contributed by atoms with van der Waals surface area (Å²) >= 11 is 0. The second-order valence-electron chi connectivity index (χ2n) is 9.91. The molecule has 2 aromatic heterocycles. The number of nitrogens with one attached hydrogen (secondary N) is 1. The molecule has 5 rings (SSSR count).